The number of H-pyrrole nitrogens is 2. The third kappa shape index (κ3) is 3.49. The van der Waals surface area contributed by atoms with Crippen LogP contribution >= 0.6 is 11.3 Å². The maximum atomic E-state index is 13.0. The van der Waals surface area contributed by atoms with Crippen molar-refractivity contribution in [2.75, 3.05) is 25.0 Å². The van der Waals surface area contributed by atoms with Gasteiger partial charge in [0, 0.05) is 19.1 Å². The highest BCUT2D eigenvalue weighted by Crippen LogP contribution is 2.35. The summed E-state index contributed by atoms with van der Waals surface area (Å²) in [6.07, 6.45) is 2.09. The van der Waals surface area contributed by atoms with E-state index < -0.39 is 13.0 Å². The van der Waals surface area contributed by atoms with Crippen molar-refractivity contribution in [3.63, 3.8) is 0 Å². The van der Waals surface area contributed by atoms with E-state index in [4.69, 9.17) is 4.98 Å². The van der Waals surface area contributed by atoms with Crippen molar-refractivity contribution in [3.05, 3.63) is 45.1 Å². The number of alkyl halides is 2. The van der Waals surface area contributed by atoms with Crippen LogP contribution in [0.15, 0.2) is 28.4 Å². The van der Waals surface area contributed by atoms with Crippen molar-refractivity contribution in [3.8, 4) is 11.4 Å². The first-order chi connectivity index (χ1) is 15.6. The Kier molecular flexibility index (Phi) is 4.76. The van der Waals surface area contributed by atoms with Crippen LogP contribution in [-0.2, 0) is 12.8 Å². The minimum atomic E-state index is -2.53. The van der Waals surface area contributed by atoms with Crippen LogP contribution in [0.25, 0.3) is 32.6 Å². The molecule has 0 radical (unpaired) electrons. The number of pyridine rings is 1. The summed E-state index contributed by atoms with van der Waals surface area (Å²) < 4.78 is 26.7. The fourth-order valence-electron chi connectivity index (χ4n) is 4.76. The summed E-state index contributed by atoms with van der Waals surface area (Å²) in [7, 11) is 0. The Balaban J connectivity index is 1.43. The monoisotopic (exact) mass is 455 g/mol. The summed E-state index contributed by atoms with van der Waals surface area (Å²) in [4.78, 5) is 26.4. The Morgan fingerprint density at radius 1 is 1.16 bits per heavy atom. The molecule has 4 heterocycles. The molecule has 1 saturated carbocycles. The van der Waals surface area contributed by atoms with Crippen molar-refractivity contribution in [2.24, 2.45) is 0 Å². The van der Waals surface area contributed by atoms with E-state index in [9.17, 15) is 13.6 Å². The molecule has 2 aliphatic rings. The van der Waals surface area contributed by atoms with E-state index in [0.29, 0.717) is 17.0 Å². The number of rotatable bonds is 5. The summed E-state index contributed by atoms with van der Waals surface area (Å²) in [5.74, 6) is 0.396. The fraction of sp³-hybridized carbons (Fsp3) is 0.391. The normalized spacial score (nSPS) is 17.2. The fourth-order valence-corrected chi connectivity index (χ4v) is 5.64. The Bertz CT molecular complexity index is 1330. The average Bonchev–Trinajstić information content (AvgIpc) is 3.41. The van der Waals surface area contributed by atoms with Gasteiger partial charge in [-0.2, -0.15) is 0 Å². The molecule has 4 aromatic rings. The van der Waals surface area contributed by atoms with Crippen molar-refractivity contribution >= 4 is 38.3 Å². The van der Waals surface area contributed by atoms with Crippen molar-refractivity contribution in [2.45, 2.75) is 38.2 Å². The van der Waals surface area contributed by atoms with Crippen LogP contribution in [0.4, 0.5) is 14.5 Å². The SMILES string of the molecule is O=c1[nH]c2ccsc2c(NCC(F)F)c1-c1nc2cc3c(cc2[nH]1)CCN(C1CC1)CC3. The number of fused-ring (bicyclic) bond motifs is 3. The average molecular weight is 456 g/mol. The van der Waals surface area contributed by atoms with Gasteiger partial charge in [0.15, 0.2) is 0 Å². The molecule has 3 N–H and O–H groups in total. The number of thiophene rings is 1. The molecule has 0 saturated heterocycles. The van der Waals surface area contributed by atoms with Crippen LogP contribution in [0, 0.1) is 0 Å². The highest BCUT2D eigenvalue weighted by atomic mass is 32.1. The number of hydrogen-bond donors (Lipinski definition) is 3. The van der Waals surface area contributed by atoms with Crippen LogP contribution < -0.4 is 10.9 Å². The first-order valence-corrected chi connectivity index (χ1v) is 11.9. The Morgan fingerprint density at radius 2 is 1.94 bits per heavy atom. The van der Waals surface area contributed by atoms with E-state index in [0.717, 1.165) is 47.7 Å². The summed E-state index contributed by atoms with van der Waals surface area (Å²) in [6.45, 7) is 1.60. The molecule has 0 bridgehead atoms. The maximum absolute atomic E-state index is 13.0. The van der Waals surface area contributed by atoms with Gasteiger partial charge in [-0.1, -0.05) is 0 Å². The van der Waals surface area contributed by atoms with Gasteiger partial charge < -0.3 is 15.3 Å². The molecule has 0 unspecified atom stereocenters. The van der Waals surface area contributed by atoms with Gasteiger partial charge in [0.2, 0.25) is 0 Å². The van der Waals surface area contributed by atoms with Gasteiger partial charge in [0.1, 0.15) is 11.4 Å². The predicted molar refractivity (Wildman–Crippen MR) is 124 cm³/mol. The molecule has 1 aliphatic heterocycles. The molecule has 0 atom stereocenters. The minimum Gasteiger partial charge on any atom is -0.377 e. The number of anilines is 1. The molecule has 1 aliphatic carbocycles. The van der Waals surface area contributed by atoms with Crippen LogP contribution in [-0.4, -0.2) is 52.0 Å². The molecular weight excluding hydrogens is 432 g/mol. The lowest BCUT2D eigenvalue weighted by atomic mass is 10.0. The zero-order valence-corrected chi connectivity index (χ0v) is 18.2. The van der Waals surface area contributed by atoms with Crippen molar-refractivity contribution in [1.29, 1.82) is 0 Å². The largest absolute Gasteiger partial charge is 0.377 e. The highest BCUT2D eigenvalue weighted by molar-refractivity contribution is 7.17. The van der Waals surface area contributed by atoms with Crippen molar-refractivity contribution in [1.82, 2.24) is 19.9 Å². The van der Waals surface area contributed by atoms with E-state index in [1.165, 1.54) is 35.3 Å². The summed E-state index contributed by atoms with van der Waals surface area (Å²) in [5.41, 5.74) is 5.23. The lowest BCUT2D eigenvalue weighted by Crippen LogP contribution is -2.28. The Labute approximate surface area is 186 Å². The number of nitrogens with zero attached hydrogens (tertiary/aromatic N) is 2. The van der Waals surface area contributed by atoms with Gasteiger partial charge in [-0.25, -0.2) is 13.8 Å². The van der Waals surface area contributed by atoms with Gasteiger partial charge in [-0.05, 0) is 60.4 Å². The molecule has 166 valence electrons. The number of hydrogen-bond acceptors (Lipinski definition) is 5. The van der Waals surface area contributed by atoms with Crippen LogP contribution in [0.5, 0.6) is 0 Å². The molecule has 3 aromatic heterocycles. The van der Waals surface area contributed by atoms with Crippen LogP contribution in [0.2, 0.25) is 0 Å². The predicted octanol–water partition coefficient (Wildman–Crippen LogP) is 4.37. The first-order valence-electron chi connectivity index (χ1n) is 11.0. The maximum Gasteiger partial charge on any atom is 0.261 e. The number of aromatic nitrogens is 3. The number of aromatic amines is 2. The molecule has 1 fully saturated rings. The number of imidazole rings is 1. The summed E-state index contributed by atoms with van der Waals surface area (Å²) in [6, 6.07) is 6.80. The molecule has 0 spiro atoms. The topological polar surface area (TPSA) is 76.8 Å². The van der Waals surface area contributed by atoms with E-state index in [2.05, 4.69) is 32.3 Å². The first kappa shape index (κ1) is 19.9. The van der Waals surface area contributed by atoms with Crippen molar-refractivity contribution < 1.29 is 8.78 Å². The minimum absolute atomic E-state index is 0.270. The quantitative estimate of drug-likeness (QED) is 0.418. The van der Waals surface area contributed by atoms with Crippen LogP contribution in [0.1, 0.15) is 24.0 Å². The van der Waals surface area contributed by atoms with Gasteiger partial charge in [-0.15, -0.1) is 11.3 Å². The van der Waals surface area contributed by atoms with Gasteiger partial charge in [0.25, 0.3) is 12.0 Å². The standard InChI is InChI=1S/C23H23F2N5OS/c24-18(25)11-26-20-19(23(31)29-15-5-8-32-21(15)20)22-27-16-9-12-3-6-30(14-1-2-14)7-4-13(12)10-17(16)28-22/h5,8-10,14,18H,1-4,6-7,11H2,(H,27,28)(H2,26,29,31). The van der Waals surface area contributed by atoms with E-state index in [1.807, 2.05) is 5.38 Å². The molecular formula is C23H23F2N5OS. The molecule has 9 heteroatoms. The number of nitrogens with one attached hydrogen (secondary N) is 3. The molecule has 6 nitrogen and oxygen atoms in total. The van der Waals surface area contributed by atoms with Crippen LogP contribution in [0.3, 0.4) is 0 Å². The number of halogens is 2. The Morgan fingerprint density at radius 3 is 2.69 bits per heavy atom. The van der Waals surface area contributed by atoms with E-state index in [1.54, 1.807) is 6.07 Å². The number of benzene rings is 1. The zero-order chi connectivity index (χ0) is 21.8. The zero-order valence-electron chi connectivity index (χ0n) is 17.4. The Hall–Kier alpha value is -2.78. The third-order valence-electron chi connectivity index (χ3n) is 6.49. The van der Waals surface area contributed by atoms with Gasteiger partial charge in [-0.3, -0.25) is 9.69 Å². The molecule has 0 amide bonds. The summed E-state index contributed by atoms with van der Waals surface area (Å²) in [5, 5.41) is 4.62. The van der Waals surface area contributed by atoms with Gasteiger partial charge >= 0.3 is 0 Å². The molecule has 1 aromatic carbocycles. The molecule has 32 heavy (non-hydrogen) atoms. The summed E-state index contributed by atoms with van der Waals surface area (Å²) >= 11 is 1.40. The smallest absolute Gasteiger partial charge is 0.261 e. The lowest BCUT2D eigenvalue weighted by molar-refractivity contribution is 0.163. The second kappa shape index (κ2) is 7.67. The second-order valence-corrected chi connectivity index (χ2v) is 9.55. The third-order valence-corrected chi connectivity index (χ3v) is 7.42. The van der Waals surface area contributed by atoms with E-state index in [-0.39, 0.29) is 11.1 Å². The van der Waals surface area contributed by atoms with E-state index >= 15 is 0 Å². The van der Waals surface area contributed by atoms with Gasteiger partial charge in [0.05, 0.1) is 33.5 Å². The highest BCUT2D eigenvalue weighted by Gasteiger charge is 2.30. The molecule has 6 rings (SSSR count). The second-order valence-electron chi connectivity index (χ2n) is 8.63. The lowest BCUT2D eigenvalue weighted by Gasteiger charge is -2.18.